The number of carboxylic acid groups (broad SMARTS) is 1. The number of hydrogen-bond donors (Lipinski definition) is 4. The first-order chi connectivity index (χ1) is 12.7. The number of carboxylic acids is 1. The molecule has 0 heterocycles. The van der Waals surface area contributed by atoms with Gasteiger partial charge in [-0.25, -0.2) is 0 Å². The minimum atomic E-state index is -0.789. The zero-order chi connectivity index (χ0) is 20.4. The van der Waals surface area contributed by atoms with Crippen LogP contribution in [0.25, 0.3) is 0 Å². The van der Waals surface area contributed by atoms with E-state index in [-0.39, 0.29) is 23.7 Å². The second-order valence-corrected chi connectivity index (χ2v) is 8.53. The van der Waals surface area contributed by atoms with Crippen molar-refractivity contribution in [1.82, 2.24) is 0 Å². The number of hydrogen-bond acceptors (Lipinski definition) is 4. The number of unbranched alkanes of at least 4 members (excludes halogenated alkanes) is 2. The van der Waals surface area contributed by atoms with E-state index < -0.39 is 24.3 Å². The van der Waals surface area contributed by atoms with Gasteiger partial charge in [0, 0.05) is 18.8 Å². The summed E-state index contributed by atoms with van der Waals surface area (Å²) in [5, 5.41) is 39.7. The van der Waals surface area contributed by atoms with Crippen LogP contribution in [0.3, 0.4) is 0 Å². The van der Waals surface area contributed by atoms with Crippen LogP contribution >= 0.6 is 0 Å². The Bertz CT molecular complexity index is 497. The number of carbonyl (C=O) groups is 1. The topological polar surface area (TPSA) is 98.0 Å². The molecule has 0 bridgehead atoms. The summed E-state index contributed by atoms with van der Waals surface area (Å²) in [6.07, 6.45) is 11.4. The summed E-state index contributed by atoms with van der Waals surface area (Å²) in [7, 11) is 0. The fourth-order valence-electron chi connectivity index (χ4n) is 3.72. The Morgan fingerprint density at radius 1 is 1.19 bits per heavy atom. The highest BCUT2D eigenvalue weighted by atomic mass is 16.4. The van der Waals surface area contributed by atoms with Crippen molar-refractivity contribution in [3.05, 3.63) is 24.3 Å². The minimum absolute atomic E-state index is 0.0853. The molecule has 0 saturated heterocycles. The molecule has 1 fully saturated rings. The molecule has 5 atom stereocenters. The van der Waals surface area contributed by atoms with Crippen LogP contribution in [0.1, 0.15) is 72.1 Å². The number of aliphatic hydroxyl groups excluding tert-OH is 3. The maximum Gasteiger partial charge on any atom is 0.303 e. The first-order valence-corrected chi connectivity index (χ1v) is 10.3. The zero-order valence-electron chi connectivity index (χ0n) is 17.1. The van der Waals surface area contributed by atoms with Gasteiger partial charge < -0.3 is 20.4 Å². The van der Waals surface area contributed by atoms with E-state index in [9.17, 15) is 20.1 Å². The predicted octanol–water partition coefficient (Wildman–Crippen LogP) is 3.68. The number of aliphatic hydroxyl groups is 3. The van der Waals surface area contributed by atoms with Crippen LogP contribution in [-0.4, -0.2) is 44.7 Å². The molecule has 0 aromatic heterocycles. The number of aliphatic carboxylic acids is 1. The molecule has 0 radical (unpaired) electrons. The van der Waals surface area contributed by atoms with Crippen LogP contribution in [-0.2, 0) is 4.79 Å². The fourth-order valence-corrected chi connectivity index (χ4v) is 3.72. The molecular weight excluding hydrogens is 344 g/mol. The summed E-state index contributed by atoms with van der Waals surface area (Å²) in [4.78, 5) is 10.5. The average Bonchev–Trinajstić information content (AvgIpc) is 2.86. The predicted molar refractivity (Wildman–Crippen MR) is 107 cm³/mol. The Hall–Kier alpha value is -1.17. The molecule has 0 aliphatic heterocycles. The number of rotatable bonds is 12. The van der Waals surface area contributed by atoms with Gasteiger partial charge in [0.05, 0.1) is 18.3 Å². The van der Waals surface area contributed by atoms with Crippen molar-refractivity contribution in [2.45, 2.75) is 90.4 Å². The van der Waals surface area contributed by atoms with Gasteiger partial charge in [-0.05, 0) is 37.0 Å². The van der Waals surface area contributed by atoms with Crippen molar-refractivity contribution in [2.75, 3.05) is 0 Å². The van der Waals surface area contributed by atoms with Crippen LogP contribution in [0, 0.1) is 17.3 Å². The molecule has 1 aliphatic carbocycles. The highest BCUT2D eigenvalue weighted by molar-refractivity contribution is 5.66. The minimum Gasteiger partial charge on any atom is -0.481 e. The summed E-state index contributed by atoms with van der Waals surface area (Å²) in [5.74, 6) is -1.05. The van der Waals surface area contributed by atoms with Crippen molar-refractivity contribution in [3.63, 3.8) is 0 Å². The second kappa shape index (κ2) is 11.6. The molecule has 27 heavy (non-hydrogen) atoms. The van der Waals surface area contributed by atoms with Crippen molar-refractivity contribution in [1.29, 1.82) is 0 Å². The summed E-state index contributed by atoms with van der Waals surface area (Å²) < 4.78 is 0. The van der Waals surface area contributed by atoms with E-state index in [4.69, 9.17) is 5.11 Å². The van der Waals surface area contributed by atoms with Crippen molar-refractivity contribution >= 4 is 5.97 Å². The van der Waals surface area contributed by atoms with Gasteiger partial charge in [0.1, 0.15) is 0 Å². The van der Waals surface area contributed by atoms with Crippen LogP contribution in [0.4, 0.5) is 0 Å². The summed E-state index contributed by atoms with van der Waals surface area (Å²) >= 11 is 0. The van der Waals surface area contributed by atoms with E-state index in [1.54, 1.807) is 6.08 Å². The van der Waals surface area contributed by atoms with E-state index in [2.05, 4.69) is 20.8 Å². The number of allylic oxidation sites excluding steroid dienone is 2. The Balaban J connectivity index is 2.62. The van der Waals surface area contributed by atoms with Gasteiger partial charge in [-0.15, -0.1) is 0 Å². The first-order valence-electron chi connectivity index (χ1n) is 10.3. The normalized spacial score (nSPS) is 27.6. The first kappa shape index (κ1) is 23.9. The highest BCUT2D eigenvalue weighted by Crippen LogP contribution is 2.37. The molecule has 1 rings (SSSR count). The van der Waals surface area contributed by atoms with Crippen LogP contribution in [0.5, 0.6) is 0 Å². The Morgan fingerprint density at radius 2 is 1.89 bits per heavy atom. The molecule has 0 aromatic carbocycles. The summed E-state index contributed by atoms with van der Waals surface area (Å²) in [6.45, 7) is 6.23. The summed E-state index contributed by atoms with van der Waals surface area (Å²) in [5.41, 5.74) is -0.214. The molecule has 156 valence electrons. The second-order valence-electron chi connectivity index (χ2n) is 8.53. The Kier molecular flexibility index (Phi) is 10.3. The molecule has 0 spiro atoms. The van der Waals surface area contributed by atoms with Gasteiger partial charge in [0.25, 0.3) is 0 Å². The lowest BCUT2D eigenvalue weighted by atomic mass is 9.80. The average molecular weight is 383 g/mol. The fraction of sp³-hybridized carbons (Fsp3) is 0.773. The third-order valence-corrected chi connectivity index (χ3v) is 5.74. The lowest BCUT2D eigenvalue weighted by Gasteiger charge is -2.29. The molecular formula is C22H38O5. The summed E-state index contributed by atoms with van der Waals surface area (Å²) in [6, 6.07) is 0. The standard InChI is InChI=1S/C22H38O5/c1-4-5-14-22(2,3)20(25)13-12-17-16(18(23)15-19(17)24)10-8-6-7-9-11-21(26)27/h6,8,12-13,16-20,23-25H,4-5,7,9-11,14-15H2,1-3H3,(H,26,27). The van der Waals surface area contributed by atoms with Crippen LogP contribution in [0.15, 0.2) is 24.3 Å². The quantitative estimate of drug-likeness (QED) is 0.305. The molecule has 5 heteroatoms. The largest absolute Gasteiger partial charge is 0.481 e. The van der Waals surface area contributed by atoms with Gasteiger partial charge in [-0.3, -0.25) is 4.79 Å². The maximum atomic E-state index is 10.5. The molecule has 0 aromatic rings. The molecule has 5 nitrogen and oxygen atoms in total. The Morgan fingerprint density at radius 3 is 2.52 bits per heavy atom. The van der Waals surface area contributed by atoms with Gasteiger partial charge in [-0.2, -0.15) is 0 Å². The molecule has 5 unspecified atom stereocenters. The van der Waals surface area contributed by atoms with Crippen molar-refractivity contribution in [3.8, 4) is 0 Å². The third kappa shape index (κ3) is 8.16. The van der Waals surface area contributed by atoms with Gasteiger partial charge in [-0.1, -0.05) is 57.9 Å². The lowest BCUT2D eigenvalue weighted by molar-refractivity contribution is -0.137. The van der Waals surface area contributed by atoms with E-state index >= 15 is 0 Å². The van der Waals surface area contributed by atoms with Gasteiger partial charge in [0.15, 0.2) is 0 Å². The third-order valence-electron chi connectivity index (χ3n) is 5.74. The molecule has 0 amide bonds. The SMILES string of the molecule is CCCCC(C)(C)C(O)C=CC1C(O)CC(O)C1CC=CCCCC(=O)O. The van der Waals surface area contributed by atoms with E-state index in [1.807, 2.05) is 18.2 Å². The monoisotopic (exact) mass is 382 g/mol. The van der Waals surface area contributed by atoms with E-state index in [1.165, 1.54) is 0 Å². The smallest absolute Gasteiger partial charge is 0.303 e. The molecule has 1 aliphatic rings. The molecule has 4 N–H and O–H groups in total. The zero-order valence-corrected chi connectivity index (χ0v) is 17.1. The lowest BCUT2D eigenvalue weighted by Crippen LogP contribution is -2.28. The van der Waals surface area contributed by atoms with E-state index in [0.29, 0.717) is 25.7 Å². The highest BCUT2D eigenvalue weighted by Gasteiger charge is 2.39. The van der Waals surface area contributed by atoms with Gasteiger partial charge in [0.2, 0.25) is 0 Å². The van der Waals surface area contributed by atoms with Crippen molar-refractivity contribution in [2.24, 2.45) is 17.3 Å². The van der Waals surface area contributed by atoms with Gasteiger partial charge >= 0.3 is 5.97 Å². The van der Waals surface area contributed by atoms with Crippen LogP contribution in [0.2, 0.25) is 0 Å². The maximum absolute atomic E-state index is 10.5. The van der Waals surface area contributed by atoms with E-state index in [0.717, 1.165) is 19.3 Å². The molecule has 1 saturated carbocycles. The van der Waals surface area contributed by atoms with Crippen molar-refractivity contribution < 1.29 is 25.2 Å². The van der Waals surface area contributed by atoms with Crippen LogP contribution < -0.4 is 0 Å². The Labute approximate surface area is 163 Å².